The van der Waals surface area contributed by atoms with E-state index < -0.39 is 66.7 Å². The molecule has 186 valence electrons. The van der Waals surface area contributed by atoms with Crippen LogP contribution in [0.3, 0.4) is 0 Å². The minimum atomic E-state index is -1.70. The van der Waals surface area contributed by atoms with E-state index in [9.17, 15) is 39.0 Å². The van der Waals surface area contributed by atoms with Crippen molar-refractivity contribution in [2.45, 2.75) is 43.8 Å². The molecule has 0 fully saturated rings. The summed E-state index contributed by atoms with van der Waals surface area (Å²) < 4.78 is 0. The van der Waals surface area contributed by atoms with E-state index in [-0.39, 0.29) is 25.0 Å². The molecule has 0 saturated heterocycles. The molecule has 14 heteroatoms. The Morgan fingerprint density at radius 2 is 1.41 bits per heavy atom. The summed E-state index contributed by atoms with van der Waals surface area (Å²) in [6.07, 6.45) is -1.63. The van der Waals surface area contributed by atoms with Crippen molar-refractivity contribution in [3.63, 3.8) is 0 Å². The normalized spacial score (nSPS) is 13.1. The average Bonchev–Trinajstić information content (AvgIpc) is 2.76. The van der Waals surface area contributed by atoms with Gasteiger partial charge in [-0.15, -0.1) is 0 Å². The summed E-state index contributed by atoms with van der Waals surface area (Å²) >= 11 is 0. The number of phenols is 1. The van der Waals surface area contributed by atoms with Gasteiger partial charge < -0.3 is 42.7 Å². The summed E-state index contributed by atoms with van der Waals surface area (Å²) in [5.41, 5.74) is 10.7. The predicted octanol–water partition coefficient (Wildman–Crippen LogP) is -2.83. The predicted molar refractivity (Wildman–Crippen MR) is 115 cm³/mol. The molecule has 0 aromatic heterocycles. The number of benzene rings is 1. The van der Waals surface area contributed by atoms with Gasteiger partial charge in [0.2, 0.25) is 23.6 Å². The van der Waals surface area contributed by atoms with Gasteiger partial charge in [-0.2, -0.15) is 0 Å². The van der Waals surface area contributed by atoms with Crippen molar-refractivity contribution in [1.29, 1.82) is 0 Å². The van der Waals surface area contributed by atoms with E-state index in [1.54, 1.807) is 0 Å². The highest BCUT2D eigenvalue weighted by atomic mass is 16.4. The van der Waals surface area contributed by atoms with Crippen LogP contribution in [0.4, 0.5) is 0 Å². The van der Waals surface area contributed by atoms with Gasteiger partial charge in [0.1, 0.15) is 23.9 Å². The molecule has 0 aliphatic carbocycles. The third-order valence-electron chi connectivity index (χ3n) is 4.52. The zero-order valence-corrected chi connectivity index (χ0v) is 18.0. The lowest BCUT2D eigenvalue weighted by atomic mass is 10.0. The summed E-state index contributed by atoms with van der Waals surface area (Å²) in [7, 11) is 0. The number of carbonyl (C=O) groups excluding carboxylic acids is 4. The van der Waals surface area contributed by atoms with Gasteiger partial charge in [0.15, 0.2) is 0 Å². The van der Waals surface area contributed by atoms with Gasteiger partial charge in [-0.05, 0) is 24.1 Å². The lowest BCUT2D eigenvalue weighted by molar-refractivity contribution is -0.143. The number of aliphatic carboxylic acids is 2. The molecule has 3 unspecified atom stereocenters. The lowest BCUT2D eigenvalue weighted by Gasteiger charge is -2.23. The van der Waals surface area contributed by atoms with Gasteiger partial charge >= 0.3 is 11.9 Å². The van der Waals surface area contributed by atoms with Crippen LogP contribution in [0.15, 0.2) is 24.3 Å². The minimum absolute atomic E-state index is 0.0449. The molecule has 0 aliphatic heterocycles. The van der Waals surface area contributed by atoms with E-state index in [4.69, 9.17) is 16.6 Å². The molecule has 10 N–H and O–H groups in total. The number of rotatable bonds is 14. The van der Waals surface area contributed by atoms with Gasteiger partial charge in [-0.1, -0.05) is 12.1 Å². The third kappa shape index (κ3) is 9.95. The highest BCUT2D eigenvalue weighted by Crippen LogP contribution is 2.12. The second-order valence-electron chi connectivity index (χ2n) is 7.26. The van der Waals surface area contributed by atoms with Crippen molar-refractivity contribution in [1.82, 2.24) is 16.0 Å². The maximum absolute atomic E-state index is 12.7. The van der Waals surface area contributed by atoms with Crippen LogP contribution < -0.4 is 27.4 Å². The summed E-state index contributed by atoms with van der Waals surface area (Å²) in [4.78, 5) is 70.8. The first kappa shape index (κ1) is 27.8. The smallest absolute Gasteiger partial charge is 0.326 e. The standard InChI is InChI=1S/C20H27N5O9/c21-9-16(28)23-12(5-6-15(22)27)18(31)24-13(8-17(29)30)19(32)25-14(20(33)34)7-10-1-3-11(26)4-2-10/h1-4,12-14,26H,5-9,21H2,(H2,22,27)(H,23,28)(H,24,31)(H,25,32)(H,29,30)(H,33,34). The van der Waals surface area contributed by atoms with Crippen LogP contribution in [0.5, 0.6) is 5.75 Å². The Labute approximate surface area is 193 Å². The monoisotopic (exact) mass is 481 g/mol. The van der Waals surface area contributed by atoms with Crippen LogP contribution in [0, 0.1) is 0 Å². The quantitative estimate of drug-likeness (QED) is 0.135. The van der Waals surface area contributed by atoms with Gasteiger partial charge in [0, 0.05) is 12.8 Å². The molecule has 34 heavy (non-hydrogen) atoms. The van der Waals surface area contributed by atoms with Crippen molar-refractivity contribution in [3.05, 3.63) is 29.8 Å². The Morgan fingerprint density at radius 1 is 0.853 bits per heavy atom. The summed E-state index contributed by atoms with van der Waals surface area (Å²) in [6, 6.07) is 1.01. The number of amides is 4. The van der Waals surface area contributed by atoms with Crippen molar-refractivity contribution in [2.24, 2.45) is 11.5 Å². The molecule has 0 aliphatic rings. The molecular weight excluding hydrogens is 454 g/mol. The second-order valence-corrected chi connectivity index (χ2v) is 7.26. The Balaban J connectivity index is 2.99. The number of hydrogen-bond donors (Lipinski definition) is 8. The number of phenolic OH excluding ortho intramolecular Hbond substituents is 1. The average molecular weight is 481 g/mol. The van der Waals surface area contributed by atoms with E-state index in [0.717, 1.165) is 0 Å². The molecule has 4 amide bonds. The van der Waals surface area contributed by atoms with Crippen LogP contribution >= 0.6 is 0 Å². The van der Waals surface area contributed by atoms with Gasteiger partial charge in [-0.25, -0.2) is 4.79 Å². The molecular formula is C20H27N5O9. The van der Waals surface area contributed by atoms with Gasteiger partial charge in [0.05, 0.1) is 13.0 Å². The largest absolute Gasteiger partial charge is 0.508 e. The van der Waals surface area contributed by atoms with E-state index >= 15 is 0 Å². The Kier molecular flexibility index (Phi) is 10.9. The van der Waals surface area contributed by atoms with Crippen LogP contribution in [0.1, 0.15) is 24.8 Å². The first-order valence-electron chi connectivity index (χ1n) is 10.0. The SMILES string of the molecule is NCC(=O)NC(CCC(N)=O)C(=O)NC(CC(=O)O)C(=O)NC(Cc1ccc(O)cc1)C(=O)O. The highest BCUT2D eigenvalue weighted by molar-refractivity contribution is 5.95. The van der Waals surface area contributed by atoms with Crippen molar-refractivity contribution >= 4 is 35.6 Å². The molecule has 0 heterocycles. The van der Waals surface area contributed by atoms with Crippen LogP contribution in [-0.2, 0) is 35.2 Å². The molecule has 1 aromatic carbocycles. The molecule has 14 nitrogen and oxygen atoms in total. The third-order valence-corrected chi connectivity index (χ3v) is 4.52. The van der Waals surface area contributed by atoms with Gasteiger partial charge in [0.25, 0.3) is 0 Å². The van der Waals surface area contributed by atoms with Crippen LogP contribution in [-0.4, -0.2) is 75.6 Å². The highest BCUT2D eigenvalue weighted by Gasteiger charge is 2.31. The van der Waals surface area contributed by atoms with E-state index in [1.807, 2.05) is 0 Å². The van der Waals surface area contributed by atoms with Crippen molar-refractivity contribution in [2.75, 3.05) is 6.54 Å². The molecule has 0 spiro atoms. The van der Waals surface area contributed by atoms with E-state index in [1.165, 1.54) is 24.3 Å². The number of hydrogen-bond acceptors (Lipinski definition) is 8. The zero-order chi connectivity index (χ0) is 25.8. The Bertz CT molecular complexity index is 920. The van der Waals surface area contributed by atoms with E-state index in [2.05, 4.69) is 16.0 Å². The Morgan fingerprint density at radius 3 is 1.91 bits per heavy atom. The number of aromatic hydroxyl groups is 1. The fourth-order valence-corrected chi connectivity index (χ4v) is 2.80. The summed E-state index contributed by atoms with van der Waals surface area (Å²) in [5, 5.41) is 34.5. The maximum Gasteiger partial charge on any atom is 0.326 e. The number of nitrogens with one attached hydrogen (secondary N) is 3. The zero-order valence-electron chi connectivity index (χ0n) is 18.0. The fraction of sp³-hybridized carbons (Fsp3) is 0.400. The van der Waals surface area contributed by atoms with Gasteiger partial charge in [-0.3, -0.25) is 24.0 Å². The maximum atomic E-state index is 12.7. The number of nitrogens with two attached hydrogens (primary N) is 2. The van der Waals surface area contributed by atoms with Crippen molar-refractivity contribution in [3.8, 4) is 5.75 Å². The molecule has 1 rings (SSSR count). The molecule has 0 saturated carbocycles. The van der Waals surface area contributed by atoms with E-state index in [0.29, 0.717) is 5.56 Å². The molecule has 0 bridgehead atoms. The van der Waals surface area contributed by atoms with Crippen molar-refractivity contribution < 1.29 is 44.1 Å². The summed E-state index contributed by atoms with van der Waals surface area (Å²) in [5.74, 6) is -6.53. The van der Waals surface area contributed by atoms with Crippen LogP contribution in [0.2, 0.25) is 0 Å². The second kappa shape index (κ2) is 13.4. The Hall–Kier alpha value is -4.20. The number of carboxylic acids is 2. The van der Waals surface area contributed by atoms with Crippen LogP contribution in [0.25, 0.3) is 0 Å². The lowest BCUT2D eigenvalue weighted by Crippen LogP contribution is -2.57. The fourth-order valence-electron chi connectivity index (χ4n) is 2.80. The molecule has 3 atom stereocenters. The minimum Gasteiger partial charge on any atom is -0.508 e. The number of primary amides is 1. The topological polar surface area (TPSA) is 251 Å². The number of carboxylic acid groups (broad SMARTS) is 2. The first-order chi connectivity index (χ1) is 15.9. The first-order valence-corrected chi connectivity index (χ1v) is 10.0. The molecule has 0 radical (unpaired) electrons. The number of carbonyl (C=O) groups is 6. The summed E-state index contributed by atoms with van der Waals surface area (Å²) in [6.45, 7) is -0.475. The molecule has 1 aromatic rings.